The van der Waals surface area contributed by atoms with Gasteiger partial charge in [-0.3, -0.25) is 14.0 Å². The van der Waals surface area contributed by atoms with Crippen molar-refractivity contribution >= 4 is 17.5 Å². The maximum Gasteiger partial charge on any atom is 0.350 e. The number of aromatic nitrogens is 3. The Morgan fingerprint density at radius 3 is 2.56 bits per heavy atom. The summed E-state index contributed by atoms with van der Waals surface area (Å²) in [5.41, 5.74) is 1.10. The molecule has 1 aromatic carbocycles. The summed E-state index contributed by atoms with van der Waals surface area (Å²) in [4.78, 5) is 35.7. The molecule has 8 heteroatoms. The van der Waals surface area contributed by atoms with Crippen LogP contribution in [0.5, 0.6) is 0 Å². The molecule has 0 saturated carbocycles. The van der Waals surface area contributed by atoms with Crippen molar-refractivity contribution in [2.75, 3.05) is 6.54 Å². The highest BCUT2D eigenvalue weighted by Gasteiger charge is 2.19. The molecule has 0 bridgehead atoms. The molecule has 8 nitrogen and oxygen atoms in total. The number of aryl methyl sites for hydroxylation is 1. The van der Waals surface area contributed by atoms with Gasteiger partial charge in [0.2, 0.25) is 5.91 Å². The third kappa shape index (κ3) is 4.60. The lowest BCUT2D eigenvalue weighted by Crippen LogP contribution is -2.35. The largest absolute Gasteiger partial charge is 0.481 e. The normalized spacial score (nSPS) is 12.0. The lowest BCUT2D eigenvalue weighted by Gasteiger charge is -2.13. The number of benzene rings is 1. The number of aliphatic carboxylic acids is 1. The zero-order valence-electron chi connectivity index (χ0n) is 14.6. The van der Waals surface area contributed by atoms with E-state index in [0.717, 1.165) is 5.56 Å². The first-order valence-corrected chi connectivity index (χ1v) is 8.62. The van der Waals surface area contributed by atoms with Crippen molar-refractivity contribution in [3.8, 4) is 0 Å². The minimum Gasteiger partial charge on any atom is -0.481 e. The van der Waals surface area contributed by atoms with Gasteiger partial charge in [-0.1, -0.05) is 36.4 Å². The van der Waals surface area contributed by atoms with Gasteiger partial charge >= 0.3 is 11.7 Å². The number of carboxylic acids is 1. The zero-order chi connectivity index (χ0) is 19.2. The van der Waals surface area contributed by atoms with Gasteiger partial charge in [-0.2, -0.15) is 0 Å². The van der Waals surface area contributed by atoms with E-state index in [1.165, 1.54) is 9.08 Å². The SMILES string of the molecule is O=C(CCn1nc2ccccn2c1=O)NCC(Cc1ccccc1)C(=O)O. The summed E-state index contributed by atoms with van der Waals surface area (Å²) in [5, 5.41) is 16.2. The van der Waals surface area contributed by atoms with Gasteiger partial charge in [0.1, 0.15) is 0 Å². The summed E-state index contributed by atoms with van der Waals surface area (Å²) in [6.45, 7) is 0.159. The Kier molecular flexibility index (Phi) is 5.65. The molecule has 0 aliphatic rings. The molecule has 27 heavy (non-hydrogen) atoms. The molecule has 1 unspecified atom stereocenters. The summed E-state index contributed by atoms with van der Waals surface area (Å²) < 4.78 is 2.63. The van der Waals surface area contributed by atoms with E-state index in [-0.39, 0.29) is 31.1 Å². The van der Waals surface area contributed by atoms with Gasteiger partial charge in [0, 0.05) is 19.2 Å². The van der Waals surface area contributed by atoms with E-state index in [9.17, 15) is 19.5 Å². The topological polar surface area (TPSA) is 106 Å². The van der Waals surface area contributed by atoms with E-state index in [2.05, 4.69) is 10.4 Å². The van der Waals surface area contributed by atoms with E-state index < -0.39 is 11.9 Å². The second-order valence-electron chi connectivity index (χ2n) is 6.21. The fraction of sp³-hybridized carbons (Fsp3) is 0.263. The Bertz CT molecular complexity index is 994. The van der Waals surface area contributed by atoms with Crippen molar-refractivity contribution in [3.63, 3.8) is 0 Å². The van der Waals surface area contributed by atoms with Crippen molar-refractivity contribution < 1.29 is 14.7 Å². The first-order chi connectivity index (χ1) is 13.0. The first-order valence-electron chi connectivity index (χ1n) is 8.62. The van der Waals surface area contributed by atoms with Gasteiger partial charge in [0.25, 0.3) is 0 Å². The molecular formula is C19H20N4O4. The fourth-order valence-electron chi connectivity index (χ4n) is 2.79. The Balaban J connectivity index is 1.54. The molecular weight excluding hydrogens is 348 g/mol. The highest BCUT2D eigenvalue weighted by Crippen LogP contribution is 2.08. The highest BCUT2D eigenvalue weighted by molar-refractivity contribution is 5.77. The predicted molar refractivity (Wildman–Crippen MR) is 98.4 cm³/mol. The van der Waals surface area contributed by atoms with Crippen LogP contribution in [-0.4, -0.2) is 37.7 Å². The van der Waals surface area contributed by atoms with Crippen LogP contribution in [0.3, 0.4) is 0 Å². The van der Waals surface area contributed by atoms with E-state index >= 15 is 0 Å². The van der Waals surface area contributed by atoms with Crippen LogP contribution < -0.4 is 11.0 Å². The van der Waals surface area contributed by atoms with E-state index in [1.807, 2.05) is 30.3 Å². The Labute approximate surface area is 155 Å². The van der Waals surface area contributed by atoms with Gasteiger partial charge in [-0.25, -0.2) is 9.48 Å². The van der Waals surface area contributed by atoms with Crippen molar-refractivity contribution in [3.05, 3.63) is 70.8 Å². The Morgan fingerprint density at radius 2 is 1.85 bits per heavy atom. The smallest absolute Gasteiger partial charge is 0.350 e. The number of hydrogen-bond donors (Lipinski definition) is 2. The molecule has 0 saturated heterocycles. The van der Waals surface area contributed by atoms with Crippen LogP contribution in [0.25, 0.3) is 5.65 Å². The van der Waals surface area contributed by atoms with Gasteiger partial charge in [-0.15, -0.1) is 5.10 Å². The number of nitrogens with one attached hydrogen (secondary N) is 1. The standard InChI is InChI=1S/C19H20N4O4/c24-17(9-11-23-19(27)22-10-5-4-8-16(22)21-23)20-13-15(18(25)26)12-14-6-2-1-3-7-14/h1-8,10,15H,9,11-13H2,(H,20,24)(H,25,26). The predicted octanol–water partition coefficient (Wildman–Crippen LogP) is 0.946. The molecule has 0 radical (unpaired) electrons. The van der Waals surface area contributed by atoms with Crippen LogP contribution in [0.2, 0.25) is 0 Å². The maximum absolute atomic E-state index is 12.2. The molecule has 0 aliphatic heterocycles. The summed E-state index contributed by atoms with van der Waals surface area (Å²) in [6.07, 6.45) is 1.99. The summed E-state index contributed by atoms with van der Waals surface area (Å²) in [6, 6.07) is 14.5. The second kappa shape index (κ2) is 8.31. The minimum atomic E-state index is -0.962. The molecule has 2 N–H and O–H groups in total. The number of pyridine rings is 1. The Morgan fingerprint density at radius 1 is 1.11 bits per heavy atom. The molecule has 0 aliphatic carbocycles. The number of rotatable bonds is 8. The number of carbonyl (C=O) groups is 2. The number of hydrogen-bond acceptors (Lipinski definition) is 4. The van der Waals surface area contributed by atoms with Crippen molar-refractivity contribution in [2.24, 2.45) is 5.92 Å². The monoisotopic (exact) mass is 368 g/mol. The molecule has 0 spiro atoms. The average Bonchev–Trinajstić information content (AvgIpc) is 3.00. The average molecular weight is 368 g/mol. The molecule has 0 fully saturated rings. The molecule has 140 valence electrons. The summed E-state index contributed by atoms with van der Waals surface area (Å²) in [7, 11) is 0. The van der Waals surface area contributed by atoms with E-state index in [4.69, 9.17) is 0 Å². The van der Waals surface area contributed by atoms with Crippen LogP contribution in [0, 0.1) is 5.92 Å². The third-order valence-electron chi connectivity index (χ3n) is 4.26. The molecule has 1 atom stereocenters. The van der Waals surface area contributed by atoms with E-state index in [0.29, 0.717) is 12.1 Å². The third-order valence-corrected chi connectivity index (χ3v) is 4.26. The molecule has 3 aromatic rings. The first kappa shape index (κ1) is 18.4. The van der Waals surface area contributed by atoms with Crippen LogP contribution in [0.15, 0.2) is 59.5 Å². The number of carboxylic acid groups (broad SMARTS) is 1. The lowest BCUT2D eigenvalue weighted by atomic mass is 9.99. The van der Waals surface area contributed by atoms with Gasteiger partial charge in [0.05, 0.1) is 12.5 Å². The Hall–Kier alpha value is -3.42. The van der Waals surface area contributed by atoms with E-state index in [1.54, 1.807) is 24.4 Å². The summed E-state index contributed by atoms with van der Waals surface area (Å²) in [5.74, 6) is -2.00. The maximum atomic E-state index is 12.2. The van der Waals surface area contributed by atoms with Crippen molar-refractivity contribution in [1.29, 1.82) is 0 Å². The van der Waals surface area contributed by atoms with Gasteiger partial charge < -0.3 is 10.4 Å². The van der Waals surface area contributed by atoms with Crippen molar-refractivity contribution in [1.82, 2.24) is 19.5 Å². The number of amides is 1. The summed E-state index contributed by atoms with van der Waals surface area (Å²) >= 11 is 0. The van der Waals surface area contributed by atoms with Gasteiger partial charge in [-0.05, 0) is 24.1 Å². The van der Waals surface area contributed by atoms with Crippen LogP contribution in [0.4, 0.5) is 0 Å². The molecule has 2 aromatic heterocycles. The highest BCUT2D eigenvalue weighted by atomic mass is 16.4. The second-order valence-corrected chi connectivity index (χ2v) is 6.21. The molecule has 1 amide bonds. The molecule has 2 heterocycles. The minimum absolute atomic E-state index is 0.0309. The van der Waals surface area contributed by atoms with Gasteiger partial charge in [0.15, 0.2) is 5.65 Å². The number of fused-ring (bicyclic) bond motifs is 1. The quantitative estimate of drug-likeness (QED) is 0.616. The lowest BCUT2D eigenvalue weighted by molar-refractivity contribution is -0.141. The van der Waals surface area contributed by atoms with Crippen LogP contribution in [0.1, 0.15) is 12.0 Å². The van der Waals surface area contributed by atoms with Crippen molar-refractivity contribution in [2.45, 2.75) is 19.4 Å². The van der Waals surface area contributed by atoms with Crippen LogP contribution in [-0.2, 0) is 22.6 Å². The zero-order valence-corrected chi connectivity index (χ0v) is 14.6. The number of nitrogens with zero attached hydrogens (tertiary/aromatic N) is 3. The van der Waals surface area contributed by atoms with Crippen LogP contribution >= 0.6 is 0 Å². The fourth-order valence-corrected chi connectivity index (χ4v) is 2.79. The molecule has 3 rings (SSSR count). The number of carbonyl (C=O) groups excluding carboxylic acids is 1.